The molecule has 2 heterocycles. The Morgan fingerprint density at radius 2 is 1.62 bits per heavy atom. The summed E-state index contributed by atoms with van der Waals surface area (Å²) in [5.74, 6) is -0.733. The lowest BCUT2D eigenvalue weighted by molar-refractivity contribution is -0.132. The number of unbranched alkanes of at least 4 members (excludes halogenated alkanes) is 2. The molecule has 1 aliphatic heterocycles. The van der Waals surface area contributed by atoms with Gasteiger partial charge in [-0.25, -0.2) is 0 Å². The SMILES string of the molecule is CCCCCOc1ccc(/C(O)=C2/C(=O)C(=O)N(c3ccc(Nc4ccccc4)cc3)C2c2ccco2)cc1. The highest BCUT2D eigenvalue weighted by Gasteiger charge is 2.48. The van der Waals surface area contributed by atoms with E-state index in [4.69, 9.17) is 9.15 Å². The monoisotopic (exact) mass is 522 g/mol. The summed E-state index contributed by atoms with van der Waals surface area (Å²) in [6.45, 7) is 2.75. The number of nitrogens with zero attached hydrogens (tertiary/aromatic N) is 1. The fraction of sp³-hybridized carbons (Fsp3) is 0.188. The summed E-state index contributed by atoms with van der Waals surface area (Å²) in [4.78, 5) is 28.0. The van der Waals surface area contributed by atoms with Crippen molar-refractivity contribution in [3.63, 3.8) is 0 Å². The van der Waals surface area contributed by atoms with Crippen LogP contribution < -0.4 is 15.0 Å². The van der Waals surface area contributed by atoms with Crippen molar-refractivity contribution >= 4 is 34.5 Å². The molecule has 0 bridgehead atoms. The van der Waals surface area contributed by atoms with Gasteiger partial charge in [0.15, 0.2) is 0 Å². The summed E-state index contributed by atoms with van der Waals surface area (Å²) in [6.07, 6.45) is 4.65. The zero-order chi connectivity index (χ0) is 27.2. The third kappa shape index (κ3) is 5.57. The lowest BCUT2D eigenvalue weighted by Crippen LogP contribution is -2.29. The van der Waals surface area contributed by atoms with Gasteiger partial charge in [-0.05, 0) is 79.2 Å². The number of rotatable bonds is 10. The first kappa shape index (κ1) is 25.9. The Labute approximate surface area is 227 Å². The third-order valence-electron chi connectivity index (χ3n) is 6.61. The van der Waals surface area contributed by atoms with E-state index in [0.717, 1.165) is 30.6 Å². The van der Waals surface area contributed by atoms with E-state index in [0.29, 0.717) is 29.4 Å². The van der Waals surface area contributed by atoms with Crippen LogP contribution in [0.5, 0.6) is 5.75 Å². The number of ether oxygens (including phenoxy) is 1. The van der Waals surface area contributed by atoms with Crippen LogP contribution in [0, 0.1) is 0 Å². The first-order chi connectivity index (χ1) is 19.1. The van der Waals surface area contributed by atoms with Crippen LogP contribution in [0.1, 0.15) is 43.6 Å². The summed E-state index contributed by atoms with van der Waals surface area (Å²) < 4.78 is 11.4. The third-order valence-corrected chi connectivity index (χ3v) is 6.61. The maximum atomic E-state index is 13.3. The van der Waals surface area contributed by atoms with Crippen molar-refractivity contribution < 1.29 is 23.8 Å². The molecule has 0 radical (unpaired) electrons. The van der Waals surface area contributed by atoms with E-state index in [2.05, 4.69) is 12.2 Å². The fourth-order valence-electron chi connectivity index (χ4n) is 4.61. The van der Waals surface area contributed by atoms with Crippen LogP contribution in [0.2, 0.25) is 0 Å². The summed E-state index contributed by atoms with van der Waals surface area (Å²) in [5.41, 5.74) is 2.64. The lowest BCUT2D eigenvalue weighted by Gasteiger charge is -2.23. The molecule has 7 heteroatoms. The number of hydrogen-bond donors (Lipinski definition) is 2. The van der Waals surface area contributed by atoms with E-state index in [1.54, 1.807) is 48.5 Å². The number of benzene rings is 3. The van der Waals surface area contributed by atoms with E-state index in [9.17, 15) is 14.7 Å². The predicted molar refractivity (Wildman–Crippen MR) is 151 cm³/mol. The zero-order valence-corrected chi connectivity index (χ0v) is 21.7. The first-order valence-corrected chi connectivity index (χ1v) is 13.1. The Morgan fingerprint density at radius 3 is 2.28 bits per heavy atom. The molecule has 1 aliphatic rings. The van der Waals surface area contributed by atoms with Gasteiger partial charge < -0.3 is 19.6 Å². The molecule has 2 N–H and O–H groups in total. The van der Waals surface area contributed by atoms with Gasteiger partial charge in [-0.2, -0.15) is 0 Å². The van der Waals surface area contributed by atoms with Crippen molar-refractivity contribution in [2.24, 2.45) is 0 Å². The summed E-state index contributed by atoms with van der Waals surface area (Å²) in [5, 5.41) is 14.6. The normalized spacial score (nSPS) is 16.4. The smallest absolute Gasteiger partial charge is 0.300 e. The molecule has 198 valence electrons. The lowest BCUT2D eigenvalue weighted by atomic mass is 9.99. The summed E-state index contributed by atoms with van der Waals surface area (Å²) in [7, 11) is 0. The van der Waals surface area contributed by atoms with Gasteiger partial charge in [0.2, 0.25) is 0 Å². The first-order valence-electron chi connectivity index (χ1n) is 13.1. The van der Waals surface area contributed by atoms with E-state index in [1.807, 2.05) is 42.5 Å². The van der Waals surface area contributed by atoms with E-state index in [-0.39, 0.29) is 11.3 Å². The molecule has 1 atom stereocenters. The maximum Gasteiger partial charge on any atom is 0.300 e. The molecule has 0 spiro atoms. The minimum absolute atomic E-state index is 0.0296. The topological polar surface area (TPSA) is 92.0 Å². The molecule has 1 unspecified atom stereocenters. The maximum absolute atomic E-state index is 13.3. The number of aliphatic hydroxyl groups excluding tert-OH is 1. The number of amides is 1. The van der Waals surface area contributed by atoms with Crippen molar-refractivity contribution in [1.82, 2.24) is 0 Å². The number of aliphatic hydroxyl groups is 1. The number of nitrogens with one attached hydrogen (secondary N) is 1. The number of ketones is 1. The average Bonchev–Trinajstić information content (AvgIpc) is 3.59. The minimum atomic E-state index is -0.919. The predicted octanol–water partition coefficient (Wildman–Crippen LogP) is 7.22. The van der Waals surface area contributed by atoms with Gasteiger partial charge in [0.25, 0.3) is 11.7 Å². The van der Waals surface area contributed by atoms with Crippen LogP contribution in [0.3, 0.4) is 0 Å². The van der Waals surface area contributed by atoms with Crippen LogP contribution in [-0.2, 0) is 9.59 Å². The highest BCUT2D eigenvalue weighted by Crippen LogP contribution is 2.42. The minimum Gasteiger partial charge on any atom is -0.507 e. The Kier molecular flexibility index (Phi) is 7.78. The van der Waals surface area contributed by atoms with Crippen molar-refractivity contribution in [2.75, 3.05) is 16.8 Å². The van der Waals surface area contributed by atoms with E-state index >= 15 is 0 Å². The van der Waals surface area contributed by atoms with Gasteiger partial charge in [-0.1, -0.05) is 38.0 Å². The van der Waals surface area contributed by atoms with Gasteiger partial charge in [0.1, 0.15) is 23.3 Å². The Morgan fingerprint density at radius 1 is 0.897 bits per heavy atom. The fourth-order valence-corrected chi connectivity index (χ4v) is 4.61. The van der Waals surface area contributed by atoms with Crippen molar-refractivity contribution in [1.29, 1.82) is 0 Å². The van der Waals surface area contributed by atoms with Gasteiger partial charge in [0, 0.05) is 22.6 Å². The molecule has 0 saturated carbocycles. The average molecular weight is 523 g/mol. The molecule has 1 fully saturated rings. The Bertz CT molecular complexity index is 1440. The Balaban J connectivity index is 1.45. The molecule has 1 saturated heterocycles. The molecule has 0 aliphatic carbocycles. The number of furan rings is 1. The van der Waals surface area contributed by atoms with E-state index < -0.39 is 17.7 Å². The van der Waals surface area contributed by atoms with Gasteiger partial charge in [-0.15, -0.1) is 0 Å². The Hall–Kier alpha value is -4.78. The number of anilines is 3. The second kappa shape index (κ2) is 11.7. The molecule has 1 amide bonds. The number of para-hydroxylation sites is 1. The summed E-state index contributed by atoms with van der Waals surface area (Å²) in [6, 6.07) is 26.2. The molecule has 5 rings (SSSR count). The van der Waals surface area contributed by atoms with Crippen LogP contribution in [0.25, 0.3) is 5.76 Å². The zero-order valence-electron chi connectivity index (χ0n) is 21.7. The molecular weight excluding hydrogens is 492 g/mol. The second-order valence-electron chi connectivity index (χ2n) is 9.30. The van der Waals surface area contributed by atoms with Gasteiger partial charge >= 0.3 is 0 Å². The highest BCUT2D eigenvalue weighted by atomic mass is 16.5. The van der Waals surface area contributed by atoms with Crippen LogP contribution in [-0.4, -0.2) is 23.4 Å². The van der Waals surface area contributed by atoms with Gasteiger partial charge in [-0.3, -0.25) is 14.5 Å². The number of hydrogen-bond acceptors (Lipinski definition) is 6. The highest BCUT2D eigenvalue weighted by molar-refractivity contribution is 6.51. The van der Waals surface area contributed by atoms with Crippen molar-refractivity contribution in [2.45, 2.75) is 32.2 Å². The molecular formula is C32H30N2O5. The molecule has 1 aromatic heterocycles. The molecule has 39 heavy (non-hydrogen) atoms. The number of carbonyl (C=O) groups excluding carboxylic acids is 2. The van der Waals surface area contributed by atoms with E-state index in [1.165, 1.54) is 11.2 Å². The number of Topliss-reactive ketones (excluding diaryl/α,β-unsaturated/α-hetero) is 1. The van der Waals surface area contributed by atoms with Crippen LogP contribution in [0.4, 0.5) is 17.1 Å². The number of carbonyl (C=O) groups is 2. The van der Waals surface area contributed by atoms with Crippen molar-refractivity contribution in [3.05, 3.63) is 114 Å². The molecule has 3 aromatic carbocycles. The quantitative estimate of drug-likeness (QED) is 0.0989. The second-order valence-corrected chi connectivity index (χ2v) is 9.30. The molecule has 4 aromatic rings. The largest absolute Gasteiger partial charge is 0.507 e. The van der Waals surface area contributed by atoms with Gasteiger partial charge in [0.05, 0.1) is 18.4 Å². The van der Waals surface area contributed by atoms with Crippen molar-refractivity contribution in [3.8, 4) is 5.75 Å². The van der Waals surface area contributed by atoms with Crippen LogP contribution in [0.15, 0.2) is 107 Å². The van der Waals surface area contributed by atoms with Crippen LogP contribution >= 0.6 is 0 Å². The molecule has 7 nitrogen and oxygen atoms in total. The summed E-state index contributed by atoms with van der Waals surface area (Å²) >= 11 is 0. The standard InChI is InChI=1S/C32H30N2O5/c1-2-3-7-20-38-26-18-12-22(13-19-26)30(35)28-29(27-11-8-21-39-27)34(32(37)31(28)36)25-16-14-24(15-17-25)33-23-9-5-4-6-10-23/h4-6,8-19,21,29,33,35H,2-3,7,20H2,1H3/b30-28-.